The first-order valence-corrected chi connectivity index (χ1v) is 8.69. The van der Waals surface area contributed by atoms with E-state index in [4.69, 9.17) is 0 Å². The molecule has 0 aliphatic carbocycles. The molecule has 0 radical (unpaired) electrons. The number of hydrogen-bond donors (Lipinski definition) is 2. The Kier molecular flexibility index (Phi) is 5.88. The van der Waals surface area contributed by atoms with Crippen LogP contribution in [0.4, 0.5) is 4.79 Å². The van der Waals surface area contributed by atoms with Crippen LogP contribution in [0.1, 0.15) is 37.6 Å². The quantitative estimate of drug-likeness (QED) is 0.816. The van der Waals surface area contributed by atoms with Gasteiger partial charge in [0.1, 0.15) is 0 Å². The highest BCUT2D eigenvalue weighted by atomic mass is 32.2. The number of nitrogens with one attached hydrogen (secondary N) is 2. The minimum Gasteiger partial charge on any atom is -0.334 e. The molecular weight excluding hydrogens is 322 g/mol. The van der Waals surface area contributed by atoms with Crippen LogP contribution in [0.2, 0.25) is 0 Å². The summed E-state index contributed by atoms with van der Waals surface area (Å²) < 4.78 is 1.90. The second kappa shape index (κ2) is 7.70. The van der Waals surface area contributed by atoms with E-state index in [1.165, 1.54) is 0 Å². The van der Waals surface area contributed by atoms with Gasteiger partial charge in [0.25, 0.3) is 0 Å². The number of hydrogen-bond acceptors (Lipinski definition) is 4. The Morgan fingerprint density at radius 2 is 2.00 bits per heavy atom. The number of urea groups is 1. The van der Waals surface area contributed by atoms with Crippen LogP contribution in [-0.4, -0.2) is 25.5 Å². The van der Waals surface area contributed by atoms with Crippen molar-refractivity contribution in [2.45, 2.75) is 50.6 Å². The highest BCUT2D eigenvalue weighted by Gasteiger charge is 2.13. The normalized spacial score (nSPS) is 11.4. The van der Waals surface area contributed by atoms with E-state index in [-0.39, 0.29) is 10.8 Å². The lowest BCUT2D eigenvalue weighted by molar-refractivity contribution is 0.240. The number of rotatable bonds is 5. The van der Waals surface area contributed by atoms with Gasteiger partial charge in [-0.25, -0.2) is 9.78 Å². The second-order valence-corrected chi connectivity index (χ2v) is 8.48. The molecule has 0 spiro atoms. The largest absolute Gasteiger partial charge is 0.334 e. The zero-order valence-electron chi connectivity index (χ0n) is 14.9. The predicted molar refractivity (Wildman–Crippen MR) is 96.9 cm³/mol. The maximum absolute atomic E-state index is 12.0. The topological polar surface area (TPSA) is 71.8 Å². The minimum atomic E-state index is -0.194. The van der Waals surface area contributed by atoms with Crippen LogP contribution < -0.4 is 10.6 Å². The van der Waals surface area contributed by atoms with Gasteiger partial charge in [-0.3, -0.25) is 4.68 Å². The Hall–Kier alpha value is -2.02. The molecule has 0 saturated carbocycles. The number of carbonyl (C=O) groups is 1. The van der Waals surface area contributed by atoms with Gasteiger partial charge in [-0.15, -0.1) is 11.8 Å². The summed E-state index contributed by atoms with van der Waals surface area (Å²) in [5, 5.41) is 10.9. The Morgan fingerprint density at radius 1 is 1.29 bits per heavy atom. The summed E-state index contributed by atoms with van der Waals surface area (Å²) in [6.45, 7) is 9.37. The van der Waals surface area contributed by atoms with Crippen LogP contribution >= 0.6 is 11.8 Å². The summed E-state index contributed by atoms with van der Waals surface area (Å²) in [6, 6.07) is 3.74. The van der Waals surface area contributed by atoms with Crippen LogP contribution in [0, 0.1) is 6.92 Å². The highest BCUT2D eigenvalue weighted by Crippen LogP contribution is 2.30. The average molecular weight is 347 g/mol. The van der Waals surface area contributed by atoms with E-state index in [1.54, 1.807) is 28.8 Å². The number of aromatic nitrogens is 3. The number of nitrogens with zero attached hydrogens (tertiary/aromatic N) is 3. The molecule has 0 fully saturated rings. The van der Waals surface area contributed by atoms with E-state index in [0.717, 1.165) is 21.8 Å². The summed E-state index contributed by atoms with van der Waals surface area (Å²) in [4.78, 5) is 16.3. The Morgan fingerprint density at radius 3 is 2.62 bits per heavy atom. The van der Waals surface area contributed by atoms with Gasteiger partial charge in [-0.05, 0) is 24.6 Å². The first-order valence-electron chi connectivity index (χ1n) is 7.88. The van der Waals surface area contributed by atoms with Gasteiger partial charge in [-0.1, -0.05) is 20.8 Å². The fourth-order valence-electron chi connectivity index (χ4n) is 2.07. The van der Waals surface area contributed by atoms with Crippen molar-refractivity contribution >= 4 is 17.8 Å². The molecule has 0 saturated heterocycles. The van der Waals surface area contributed by atoms with Crippen LogP contribution in [0.3, 0.4) is 0 Å². The van der Waals surface area contributed by atoms with E-state index < -0.39 is 0 Å². The van der Waals surface area contributed by atoms with E-state index in [9.17, 15) is 4.79 Å². The van der Waals surface area contributed by atoms with Crippen LogP contribution in [-0.2, 0) is 20.1 Å². The smallest absolute Gasteiger partial charge is 0.315 e. The molecule has 2 aromatic heterocycles. The van der Waals surface area contributed by atoms with Crippen LogP contribution in [0.15, 0.2) is 29.6 Å². The Labute approximate surface area is 147 Å². The Bertz CT molecular complexity index is 705. The van der Waals surface area contributed by atoms with Gasteiger partial charge < -0.3 is 10.6 Å². The van der Waals surface area contributed by atoms with Gasteiger partial charge in [0, 0.05) is 42.3 Å². The maximum Gasteiger partial charge on any atom is 0.315 e. The molecular formula is C17H25N5OS. The van der Waals surface area contributed by atoms with Gasteiger partial charge in [0.15, 0.2) is 0 Å². The third-order valence-electron chi connectivity index (χ3n) is 3.44. The lowest BCUT2D eigenvalue weighted by Gasteiger charge is -2.17. The maximum atomic E-state index is 12.0. The van der Waals surface area contributed by atoms with Crippen molar-refractivity contribution in [3.05, 3.63) is 41.3 Å². The van der Waals surface area contributed by atoms with Crippen molar-refractivity contribution in [1.29, 1.82) is 0 Å². The fraction of sp³-hybridized carbons (Fsp3) is 0.471. The second-order valence-electron chi connectivity index (χ2n) is 6.63. The number of aryl methyl sites for hydroxylation is 1. The molecule has 24 heavy (non-hydrogen) atoms. The first kappa shape index (κ1) is 18.3. The van der Waals surface area contributed by atoms with Gasteiger partial charge in [0.05, 0.1) is 11.2 Å². The number of pyridine rings is 1. The number of amides is 2. The van der Waals surface area contributed by atoms with Crippen LogP contribution in [0.25, 0.3) is 0 Å². The SMILES string of the molecule is Cc1c(CNC(=O)NCc2ccnc(SC(C)(C)C)c2)cnn1C. The first-order chi connectivity index (χ1) is 11.2. The molecule has 0 aromatic carbocycles. The van der Waals surface area contributed by atoms with Crippen molar-refractivity contribution in [2.75, 3.05) is 0 Å². The van der Waals surface area contributed by atoms with E-state index in [2.05, 4.69) is 41.5 Å². The minimum absolute atomic E-state index is 0.109. The van der Waals surface area contributed by atoms with Crippen LogP contribution in [0.5, 0.6) is 0 Å². The monoisotopic (exact) mass is 347 g/mol. The third-order valence-corrected chi connectivity index (χ3v) is 4.48. The standard InChI is InChI=1S/C17H25N5OS/c1-12-14(11-21-22(12)5)10-20-16(23)19-9-13-6-7-18-15(8-13)24-17(2,3)4/h6-8,11H,9-10H2,1-5H3,(H2,19,20,23). The van der Waals surface area contributed by atoms with Crippen molar-refractivity contribution in [1.82, 2.24) is 25.4 Å². The molecule has 6 nitrogen and oxygen atoms in total. The molecule has 2 aromatic rings. The zero-order valence-corrected chi connectivity index (χ0v) is 15.7. The molecule has 2 rings (SSSR count). The molecule has 7 heteroatoms. The van der Waals surface area contributed by atoms with Crippen molar-refractivity contribution in [3.8, 4) is 0 Å². The van der Waals surface area contributed by atoms with Gasteiger partial charge in [-0.2, -0.15) is 5.10 Å². The number of carbonyl (C=O) groups excluding carboxylic acids is 1. The molecule has 0 bridgehead atoms. The average Bonchev–Trinajstić information content (AvgIpc) is 2.81. The summed E-state index contributed by atoms with van der Waals surface area (Å²) in [7, 11) is 1.88. The zero-order chi connectivity index (χ0) is 17.7. The van der Waals surface area contributed by atoms with Crippen molar-refractivity contribution < 1.29 is 4.79 Å². The van der Waals surface area contributed by atoms with E-state index in [0.29, 0.717) is 13.1 Å². The van der Waals surface area contributed by atoms with E-state index in [1.807, 2.05) is 26.1 Å². The van der Waals surface area contributed by atoms with Gasteiger partial charge >= 0.3 is 6.03 Å². The predicted octanol–water partition coefficient (Wildman–Crippen LogP) is 3.01. The summed E-state index contributed by atoms with van der Waals surface area (Å²) >= 11 is 1.71. The van der Waals surface area contributed by atoms with Crippen molar-refractivity contribution in [3.63, 3.8) is 0 Å². The van der Waals surface area contributed by atoms with Crippen molar-refractivity contribution in [2.24, 2.45) is 7.05 Å². The summed E-state index contributed by atoms with van der Waals surface area (Å²) in [6.07, 6.45) is 3.55. The van der Waals surface area contributed by atoms with E-state index >= 15 is 0 Å². The molecule has 2 amide bonds. The molecule has 0 aliphatic heterocycles. The highest BCUT2D eigenvalue weighted by molar-refractivity contribution is 8.00. The molecule has 2 N–H and O–H groups in total. The fourth-order valence-corrected chi connectivity index (χ4v) is 3.02. The molecule has 0 atom stereocenters. The Balaban J connectivity index is 1.83. The molecule has 0 unspecified atom stereocenters. The third kappa shape index (κ3) is 5.56. The lowest BCUT2D eigenvalue weighted by atomic mass is 10.2. The number of thioether (sulfide) groups is 1. The molecule has 2 heterocycles. The summed E-state index contributed by atoms with van der Waals surface area (Å²) in [5.74, 6) is 0. The lowest BCUT2D eigenvalue weighted by Crippen LogP contribution is -2.34. The molecule has 0 aliphatic rings. The summed E-state index contributed by atoms with van der Waals surface area (Å²) in [5.41, 5.74) is 3.10. The molecule has 130 valence electrons. The van der Waals surface area contributed by atoms with Gasteiger partial charge in [0.2, 0.25) is 0 Å².